The van der Waals surface area contributed by atoms with Crippen molar-refractivity contribution in [3.05, 3.63) is 0 Å². The number of carbonyl (C=O) groups excluding carboxylic acids is 1. The Morgan fingerprint density at radius 2 is 1.93 bits per heavy atom. The van der Waals surface area contributed by atoms with Gasteiger partial charge in [0.1, 0.15) is 0 Å². The number of hydrogen-bond acceptors (Lipinski definition) is 2. The van der Waals surface area contributed by atoms with E-state index in [-0.39, 0.29) is 24.9 Å². The topological polar surface area (TPSA) is 26.3 Å². The van der Waals surface area contributed by atoms with Crippen LogP contribution in [0.3, 0.4) is 0 Å². The highest BCUT2D eigenvalue weighted by Gasteiger charge is 2.17. The van der Waals surface area contributed by atoms with Crippen molar-refractivity contribution in [2.24, 2.45) is 5.92 Å². The predicted molar refractivity (Wildman–Crippen MR) is 54.9 cm³/mol. The molecule has 0 aromatic rings. The Bertz CT molecular complexity index is 172. The molecule has 0 radical (unpaired) electrons. The zero-order chi connectivity index (χ0) is 11.7. The molecule has 0 fully saturated rings. The van der Waals surface area contributed by atoms with E-state index < -0.39 is 6.43 Å². The fourth-order valence-electron chi connectivity index (χ4n) is 1.31. The normalized spacial score (nSPS) is 12.9. The molecule has 0 aromatic carbocycles. The molecule has 0 saturated carbocycles. The molecule has 0 heterocycles. The summed E-state index contributed by atoms with van der Waals surface area (Å²) >= 11 is 0. The summed E-state index contributed by atoms with van der Waals surface area (Å²) in [6, 6.07) is 0. The van der Waals surface area contributed by atoms with Crippen LogP contribution < -0.4 is 0 Å². The third-order valence-electron chi connectivity index (χ3n) is 2.31. The van der Waals surface area contributed by atoms with Gasteiger partial charge >= 0.3 is 5.97 Å². The Balaban J connectivity index is 3.73. The third kappa shape index (κ3) is 7.28. The molecule has 0 spiro atoms. The average Bonchev–Trinajstić information content (AvgIpc) is 2.18. The van der Waals surface area contributed by atoms with Gasteiger partial charge in [0, 0.05) is 6.42 Å². The van der Waals surface area contributed by atoms with E-state index in [2.05, 4.69) is 6.92 Å². The average molecular weight is 222 g/mol. The molecule has 1 atom stereocenters. The highest BCUT2D eigenvalue weighted by molar-refractivity contribution is 5.72. The van der Waals surface area contributed by atoms with Crippen LogP contribution in [0, 0.1) is 5.92 Å². The summed E-state index contributed by atoms with van der Waals surface area (Å²) in [5.74, 6) is -0.450. The van der Waals surface area contributed by atoms with Crippen molar-refractivity contribution in [3.8, 4) is 0 Å². The lowest BCUT2D eigenvalue weighted by Gasteiger charge is -2.13. The quantitative estimate of drug-likeness (QED) is 0.588. The van der Waals surface area contributed by atoms with Crippen LogP contribution in [0.2, 0.25) is 0 Å². The van der Waals surface area contributed by atoms with Gasteiger partial charge in [-0.1, -0.05) is 26.7 Å². The molecule has 0 N–H and O–H groups in total. The minimum absolute atomic E-state index is 0.123. The van der Waals surface area contributed by atoms with E-state index in [0.717, 1.165) is 19.3 Å². The van der Waals surface area contributed by atoms with Crippen molar-refractivity contribution < 1.29 is 18.3 Å². The van der Waals surface area contributed by atoms with Crippen molar-refractivity contribution in [2.75, 3.05) is 6.61 Å². The van der Waals surface area contributed by atoms with Gasteiger partial charge < -0.3 is 4.74 Å². The van der Waals surface area contributed by atoms with Crippen LogP contribution in [0.15, 0.2) is 0 Å². The fourth-order valence-corrected chi connectivity index (χ4v) is 1.31. The molecule has 4 heteroatoms. The summed E-state index contributed by atoms with van der Waals surface area (Å²) < 4.78 is 28.3. The smallest absolute Gasteiger partial charge is 0.308 e. The Morgan fingerprint density at radius 3 is 2.40 bits per heavy atom. The van der Waals surface area contributed by atoms with Gasteiger partial charge in [0.15, 0.2) is 0 Å². The minimum atomic E-state index is -2.39. The van der Waals surface area contributed by atoms with E-state index in [4.69, 9.17) is 4.74 Å². The van der Waals surface area contributed by atoms with Crippen molar-refractivity contribution in [1.29, 1.82) is 0 Å². The predicted octanol–water partition coefficient (Wildman–Crippen LogP) is 3.40. The van der Waals surface area contributed by atoms with E-state index in [1.54, 1.807) is 0 Å². The van der Waals surface area contributed by atoms with Crippen LogP contribution in [0.1, 0.15) is 46.0 Å². The molecule has 0 bridgehead atoms. The summed E-state index contributed by atoms with van der Waals surface area (Å²) in [6.07, 6.45) is 0.751. The van der Waals surface area contributed by atoms with E-state index in [1.165, 1.54) is 0 Å². The van der Waals surface area contributed by atoms with Gasteiger partial charge in [-0.05, 0) is 12.8 Å². The maximum Gasteiger partial charge on any atom is 0.308 e. The first kappa shape index (κ1) is 14.3. The Kier molecular flexibility index (Phi) is 8.24. The van der Waals surface area contributed by atoms with Crippen LogP contribution in [0.4, 0.5) is 8.78 Å². The summed E-state index contributed by atoms with van der Waals surface area (Å²) in [5, 5.41) is 0. The van der Waals surface area contributed by atoms with Crippen molar-refractivity contribution >= 4 is 5.97 Å². The fraction of sp³-hybridized carbons (Fsp3) is 0.909. The van der Waals surface area contributed by atoms with Crippen molar-refractivity contribution in [2.45, 2.75) is 52.4 Å². The first-order valence-electron chi connectivity index (χ1n) is 5.56. The molecule has 0 amide bonds. The molecule has 2 nitrogen and oxygen atoms in total. The second-order valence-electron chi connectivity index (χ2n) is 3.59. The highest BCUT2D eigenvalue weighted by atomic mass is 19.3. The number of esters is 1. The standard InChI is InChI=1S/C11H20F2O2/c1-3-5-6-9(4-2)11(14)15-8-7-10(12)13/h9-10H,3-8H2,1-2H3. The van der Waals surface area contributed by atoms with Crippen LogP contribution in [-0.4, -0.2) is 19.0 Å². The van der Waals surface area contributed by atoms with Gasteiger partial charge in [0.2, 0.25) is 6.43 Å². The second-order valence-corrected chi connectivity index (χ2v) is 3.59. The van der Waals surface area contributed by atoms with Crippen LogP contribution in [0.5, 0.6) is 0 Å². The molecule has 0 aliphatic heterocycles. The maximum absolute atomic E-state index is 11.8. The zero-order valence-corrected chi connectivity index (χ0v) is 9.47. The number of hydrogen-bond donors (Lipinski definition) is 0. The van der Waals surface area contributed by atoms with Crippen molar-refractivity contribution in [1.82, 2.24) is 0 Å². The van der Waals surface area contributed by atoms with Crippen LogP contribution in [-0.2, 0) is 9.53 Å². The van der Waals surface area contributed by atoms with Crippen molar-refractivity contribution in [3.63, 3.8) is 0 Å². The Hall–Kier alpha value is -0.670. The molecule has 0 aliphatic rings. The molecular formula is C11H20F2O2. The molecule has 90 valence electrons. The van der Waals surface area contributed by atoms with Gasteiger partial charge in [-0.3, -0.25) is 4.79 Å². The second kappa shape index (κ2) is 8.62. The lowest BCUT2D eigenvalue weighted by atomic mass is 10.00. The molecule has 1 unspecified atom stereocenters. The molecule has 15 heavy (non-hydrogen) atoms. The molecule has 0 aliphatic carbocycles. The SMILES string of the molecule is CCCCC(CC)C(=O)OCCC(F)F. The lowest BCUT2D eigenvalue weighted by Crippen LogP contribution is -2.18. The Labute approximate surface area is 90.0 Å². The van der Waals surface area contributed by atoms with Crippen LogP contribution >= 0.6 is 0 Å². The van der Waals surface area contributed by atoms with E-state index >= 15 is 0 Å². The number of alkyl halides is 2. The van der Waals surface area contributed by atoms with Gasteiger partial charge in [0.05, 0.1) is 12.5 Å². The maximum atomic E-state index is 11.8. The zero-order valence-electron chi connectivity index (χ0n) is 9.47. The molecule has 0 saturated heterocycles. The summed E-state index contributed by atoms with van der Waals surface area (Å²) in [6.45, 7) is 3.79. The van der Waals surface area contributed by atoms with E-state index in [9.17, 15) is 13.6 Å². The van der Waals surface area contributed by atoms with Gasteiger partial charge in [-0.15, -0.1) is 0 Å². The van der Waals surface area contributed by atoms with Crippen LogP contribution in [0.25, 0.3) is 0 Å². The monoisotopic (exact) mass is 222 g/mol. The highest BCUT2D eigenvalue weighted by Crippen LogP contribution is 2.14. The van der Waals surface area contributed by atoms with Gasteiger partial charge in [-0.25, -0.2) is 8.78 Å². The lowest BCUT2D eigenvalue weighted by molar-refractivity contribution is -0.149. The first-order valence-corrected chi connectivity index (χ1v) is 5.56. The van der Waals surface area contributed by atoms with Gasteiger partial charge in [0.25, 0.3) is 0 Å². The number of ether oxygens (including phenoxy) is 1. The first-order chi connectivity index (χ1) is 7.11. The number of carbonyl (C=O) groups is 1. The Morgan fingerprint density at radius 1 is 1.27 bits per heavy atom. The summed E-state index contributed by atoms with van der Waals surface area (Å²) in [7, 11) is 0. The molecule has 0 rings (SSSR count). The number of rotatable bonds is 8. The largest absolute Gasteiger partial charge is 0.465 e. The van der Waals surface area contributed by atoms with E-state index in [0.29, 0.717) is 6.42 Å². The third-order valence-corrected chi connectivity index (χ3v) is 2.31. The molecular weight excluding hydrogens is 202 g/mol. The molecule has 0 aromatic heterocycles. The number of unbranched alkanes of at least 4 members (excludes halogenated alkanes) is 1. The summed E-state index contributed by atoms with van der Waals surface area (Å²) in [4.78, 5) is 11.4. The van der Waals surface area contributed by atoms with E-state index in [1.807, 2.05) is 6.92 Å². The number of halogens is 2. The minimum Gasteiger partial charge on any atom is -0.465 e. The van der Waals surface area contributed by atoms with Gasteiger partial charge in [-0.2, -0.15) is 0 Å². The summed E-state index contributed by atoms with van der Waals surface area (Å²) in [5.41, 5.74) is 0.